The number of aliphatic hydroxyl groups is 1. The third kappa shape index (κ3) is 6.07. The smallest absolute Gasteiger partial charge is 0.387 e. The summed E-state index contributed by atoms with van der Waals surface area (Å²) in [5.74, 6) is 0.791. The molecule has 0 aliphatic heterocycles. The highest BCUT2D eigenvalue weighted by Gasteiger charge is 2.20. The highest BCUT2D eigenvalue weighted by molar-refractivity contribution is 7.98. The minimum absolute atomic E-state index is 0.0175. The largest absolute Gasteiger partial charge is 0.435 e. The summed E-state index contributed by atoms with van der Waals surface area (Å²) < 4.78 is 28.4. The van der Waals surface area contributed by atoms with Gasteiger partial charge in [-0.05, 0) is 37.8 Å². The van der Waals surface area contributed by atoms with Gasteiger partial charge >= 0.3 is 6.61 Å². The van der Waals surface area contributed by atoms with E-state index in [0.717, 1.165) is 5.56 Å². The quantitative estimate of drug-likeness (QED) is 0.774. The Labute approximate surface area is 122 Å². The maximum absolute atomic E-state index is 12.0. The predicted octanol–water partition coefficient (Wildman–Crippen LogP) is 3.05. The van der Waals surface area contributed by atoms with Crippen molar-refractivity contribution in [1.82, 2.24) is 5.32 Å². The highest BCUT2D eigenvalue weighted by atomic mass is 32.2. The highest BCUT2D eigenvalue weighted by Crippen LogP contribution is 2.20. The Bertz CT molecular complexity index is 399. The van der Waals surface area contributed by atoms with Gasteiger partial charge < -0.3 is 15.2 Å². The number of thioether (sulfide) groups is 1. The van der Waals surface area contributed by atoms with Gasteiger partial charge in [-0.2, -0.15) is 20.5 Å². The first kappa shape index (κ1) is 17.2. The van der Waals surface area contributed by atoms with E-state index in [-0.39, 0.29) is 11.8 Å². The average Bonchev–Trinajstić information content (AvgIpc) is 2.36. The van der Waals surface area contributed by atoms with Crippen LogP contribution in [0.2, 0.25) is 0 Å². The zero-order valence-corrected chi connectivity index (χ0v) is 12.7. The van der Waals surface area contributed by atoms with Crippen molar-refractivity contribution in [3.05, 3.63) is 29.8 Å². The minimum Gasteiger partial charge on any atom is -0.435 e. The van der Waals surface area contributed by atoms with Gasteiger partial charge in [0.2, 0.25) is 0 Å². The van der Waals surface area contributed by atoms with Crippen molar-refractivity contribution < 1.29 is 18.6 Å². The Morgan fingerprint density at radius 3 is 2.45 bits per heavy atom. The molecule has 2 N–H and O–H groups in total. The topological polar surface area (TPSA) is 41.5 Å². The molecule has 0 bridgehead atoms. The summed E-state index contributed by atoms with van der Waals surface area (Å²) in [6, 6.07) is 6.51. The second-order valence-corrected chi connectivity index (χ2v) is 5.85. The van der Waals surface area contributed by atoms with E-state index in [4.69, 9.17) is 0 Å². The molecule has 0 aliphatic rings. The van der Waals surface area contributed by atoms with E-state index in [1.807, 2.05) is 13.2 Å². The van der Waals surface area contributed by atoms with Crippen LogP contribution >= 0.6 is 11.8 Å². The maximum Gasteiger partial charge on any atom is 0.387 e. The van der Waals surface area contributed by atoms with Gasteiger partial charge in [-0.3, -0.25) is 0 Å². The number of nitrogens with one attached hydrogen (secondary N) is 1. The van der Waals surface area contributed by atoms with Gasteiger partial charge in [-0.15, -0.1) is 0 Å². The molecule has 0 amide bonds. The summed E-state index contributed by atoms with van der Waals surface area (Å²) in [7, 11) is 0. The van der Waals surface area contributed by atoms with Crippen LogP contribution in [0.25, 0.3) is 0 Å². The van der Waals surface area contributed by atoms with E-state index in [1.54, 1.807) is 30.8 Å². The Morgan fingerprint density at radius 2 is 1.95 bits per heavy atom. The molecule has 1 rings (SSSR count). The van der Waals surface area contributed by atoms with E-state index in [9.17, 15) is 13.9 Å². The van der Waals surface area contributed by atoms with Gasteiger partial charge in [0.05, 0.1) is 5.60 Å². The monoisotopic (exact) mass is 305 g/mol. The molecule has 0 saturated carbocycles. The average molecular weight is 305 g/mol. The first-order chi connectivity index (χ1) is 9.34. The molecular formula is C14H21F2NO2S. The SMILES string of the molecule is CSCC(C)(O)CNC(C)c1ccc(OC(F)F)cc1. The number of hydrogen-bond donors (Lipinski definition) is 2. The van der Waals surface area contributed by atoms with Gasteiger partial charge in [-0.1, -0.05) is 12.1 Å². The van der Waals surface area contributed by atoms with E-state index in [2.05, 4.69) is 10.1 Å². The fourth-order valence-corrected chi connectivity index (χ4v) is 2.51. The van der Waals surface area contributed by atoms with Crippen LogP contribution in [0.3, 0.4) is 0 Å². The van der Waals surface area contributed by atoms with Crippen LogP contribution in [0.15, 0.2) is 24.3 Å². The normalized spacial score (nSPS) is 15.9. The van der Waals surface area contributed by atoms with Crippen LogP contribution in [0.1, 0.15) is 25.5 Å². The van der Waals surface area contributed by atoms with E-state index in [0.29, 0.717) is 12.3 Å². The van der Waals surface area contributed by atoms with Crippen LogP contribution in [0, 0.1) is 0 Å². The Kier molecular flexibility index (Phi) is 6.71. The third-order valence-electron chi connectivity index (χ3n) is 2.85. The number of alkyl halides is 2. The van der Waals surface area contributed by atoms with E-state index < -0.39 is 12.2 Å². The van der Waals surface area contributed by atoms with Crippen LogP contribution in [-0.4, -0.2) is 35.9 Å². The third-order valence-corrected chi connectivity index (χ3v) is 3.76. The van der Waals surface area contributed by atoms with Crippen LogP contribution in [0.5, 0.6) is 5.75 Å². The molecule has 6 heteroatoms. The number of hydrogen-bond acceptors (Lipinski definition) is 4. The van der Waals surface area contributed by atoms with Gasteiger partial charge in [0.15, 0.2) is 0 Å². The number of rotatable bonds is 8. The van der Waals surface area contributed by atoms with Crippen molar-refractivity contribution in [3.63, 3.8) is 0 Å². The molecule has 0 heterocycles. The summed E-state index contributed by atoms with van der Waals surface area (Å²) in [6.45, 7) is 1.39. The minimum atomic E-state index is -2.81. The molecule has 0 spiro atoms. The number of ether oxygens (including phenoxy) is 1. The van der Waals surface area contributed by atoms with E-state index >= 15 is 0 Å². The summed E-state index contributed by atoms with van der Waals surface area (Å²) in [5, 5.41) is 13.3. The van der Waals surface area contributed by atoms with E-state index in [1.165, 1.54) is 12.1 Å². The Balaban J connectivity index is 2.53. The fourth-order valence-electron chi connectivity index (χ4n) is 1.79. The van der Waals surface area contributed by atoms with Crippen LogP contribution < -0.4 is 10.1 Å². The first-order valence-corrected chi connectivity index (χ1v) is 7.73. The second kappa shape index (κ2) is 7.81. The van der Waals surface area contributed by atoms with Crippen molar-refractivity contribution in [1.29, 1.82) is 0 Å². The Hall–Kier alpha value is -0.850. The molecule has 3 nitrogen and oxygen atoms in total. The summed E-state index contributed by atoms with van der Waals surface area (Å²) in [5.41, 5.74) is 0.179. The summed E-state index contributed by atoms with van der Waals surface area (Å²) >= 11 is 1.59. The van der Waals surface area contributed by atoms with Crippen molar-refractivity contribution in [2.75, 3.05) is 18.6 Å². The van der Waals surface area contributed by atoms with Gasteiger partial charge in [0.25, 0.3) is 0 Å². The van der Waals surface area contributed by atoms with Crippen LogP contribution in [-0.2, 0) is 0 Å². The molecule has 1 aromatic rings. The lowest BCUT2D eigenvalue weighted by atomic mass is 10.1. The molecule has 0 aliphatic carbocycles. The van der Waals surface area contributed by atoms with Crippen molar-refractivity contribution in [3.8, 4) is 5.75 Å². The molecule has 2 unspecified atom stereocenters. The molecule has 0 fully saturated rings. The predicted molar refractivity (Wildman–Crippen MR) is 78.5 cm³/mol. The molecule has 1 aromatic carbocycles. The zero-order chi connectivity index (χ0) is 15.2. The van der Waals surface area contributed by atoms with Crippen molar-refractivity contribution in [2.45, 2.75) is 32.1 Å². The second-order valence-electron chi connectivity index (χ2n) is 4.98. The zero-order valence-electron chi connectivity index (χ0n) is 11.9. The van der Waals surface area contributed by atoms with Crippen LogP contribution in [0.4, 0.5) is 8.78 Å². The Morgan fingerprint density at radius 1 is 1.35 bits per heavy atom. The summed E-state index contributed by atoms with van der Waals surface area (Å²) in [4.78, 5) is 0. The number of benzene rings is 1. The van der Waals surface area contributed by atoms with Gasteiger partial charge in [0.1, 0.15) is 5.75 Å². The standard InChI is InChI=1S/C14H21F2NO2S/c1-10(17-8-14(2,18)9-20-3)11-4-6-12(7-5-11)19-13(15)16/h4-7,10,13,17-18H,8-9H2,1-3H3. The molecule has 20 heavy (non-hydrogen) atoms. The molecule has 114 valence electrons. The molecule has 0 saturated heterocycles. The summed E-state index contributed by atoms with van der Waals surface area (Å²) in [6.07, 6.45) is 1.94. The molecular weight excluding hydrogens is 284 g/mol. The lowest BCUT2D eigenvalue weighted by Gasteiger charge is -2.25. The first-order valence-electron chi connectivity index (χ1n) is 6.33. The molecule has 0 aromatic heterocycles. The lowest BCUT2D eigenvalue weighted by molar-refractivity contribution is -0.0498. The number of halogens is 2. The molecule has 2 atom stereocenters. The van der Waals surface area contributed by atoms with Crippen molar-refractivity contribution in [2.24, 2.45) is 0 Å². The maximum atomic E-state index is 12.0. The van der Waals surface area contributed by atoms with Crippen molar-refractivity contribution >= 4 is 11.8 Å². The molecule has 0 radical (unpaired) electrons. The fraction of sp³-hybridized carbons (Fsp3) is 0.571. The van der Waals surface area contributed by atoms with Gasteiger partial charge in [0, 0.05) is 18.3 Å². The lowest BCUT2D eigenvalue weighted by Crippen LogP contribution is -2.40. The van der Waals surface area contributed by atoms with Gasteiger partial charge in [-0.25, -0.2) is 0 Å².